The van der Waals surface area contributed by atoms with Crippen molar-refractivity contribution in [2.45, 2.75) is 57.6 Å². The van der Waals surface area contributed by atoms with Crippen LogP contribution in [0.1, 0.15) is 31.7 Å². The molecule has 1 aromatic rings. The van der Waals surface area contributed by atoms with Crippen molar-refractivity contribution in [2.75, 3.05) is 6.54 Å². The van der Waals surface area contributed by atoms with E-state index in [1.54, 1.807) is 6.07 Å². The molecule has 3 rings (SSSR count). The molecule has 2 bridgehead atoms. The minimum atomic E-state index is -2.89. The highest BCUT2D eigenvalue weighted by Gasteiger charge is 2.41. The fourth-order valence-corrected chi connectivity index (χ4v) is 3.53. The second-order valence-electron chi connectivity index (χ2n) is 6.19. The molecule has 0 saturated carbocycles. The minimum Gasteiger partial charge on any atom is -0.434 e. The monoisotopic (exact) mass is 373 g/mol. The third-order valence-corrected chi connectivity index (χ3v) is 4.65. The maximum Gasteiger partial charge on any atom is 0.387 e. The predicted molar refractivity (Wildman–Crippen MR) is 92.3 cm³/mol. The summed E-state index contributed by atoms with van der Waals surface area (Å²) in [5.74, 6) is 0.717. The van der Waals surface area contributed by atoms with E-state index in [0.29, 0.717) is 29.2 Å². The van der Waals surface area contributed by atoms with Gasteiger partial charge in [0.15, 0.2) is 5.96 Å². The Bertz CT molecular complexity index is 630. The second-order valence-corrected chi connectivity index (χ2v) is 6.62. The highest BCUT2D eigenvalue weighted by Crippen LogP contribution is 2.34. The van der Waals surface area contributed by atoms with Gasteiger partial charge in [-0.2, -0.15) is 8.78 Å². The number of alkyl halides is 2. The van der Waals surface area contributed by atoms with Gasteiger partial charge in [0.1, 0.15) is 5.75 Å². The molecule has 3 unspecified atom stereocenters. The molecular formula is C17H22ClF2N3O2. The van der Waals surface area contributed by atoms with Gasteiger partial charge in [-0.05, 0) is 44.4 Å². The maximum absolute atomic E-state index is 12.5. The molecule has 3 atom stereocenters. The van der Waals surface area contributed by atoms with E-state index in [9.17, 15) is 8.78 Å². The average molecular weight is 374 g/mol. The van der Waals surface area contributed by atoms with E-state index in [1.807, 2.05) is 6.92 Å². The Labute approximate surface area is 150 Å². The lowest BCUT2D eigenvalue weighted by molar-refractivity contribution is -0.0504. The first-order valence-corrected chi connectivity index (χ1v) is 8.86. The number of nitrogens with one attached hydrogen (secondary N) is 2. The molecule has 0 aliphatic carbocycles. The SMILES string of the molecule is CCNC(=NCc1cc(Cl)ccc1OC(F)F)NC1CC2CCC1O2. The quantitative estimate of drug-likeness (QED) is 0.593. The topological polar surface area (TPSA) is 54.9 Å². The highest BCUT2D eigenvalue weighted by molar-refractivity contribution is 6.30. The molecule has 2 N–H and O–H groups in total. The van der Waals surface area contributed by atoms with E-state index < -0.39 is 6.61 Å². The van der Waals surface area contributed by atoms with Crippen molar-refractivity contribution >= 4 is 17.6 Å². The molecule has 5 nitrogen and oxygen atoms in total. The molecule has 0 radical (unpaired) electrons. The zero-order valence-electron chi connectivity index (χ0n) is 14.0. The zero-order valence-corrected chi connectivity index (χ0v) is 14.7. The lowest BCUT2D eigenvalue weighted by Crippen LogP contribution is -2.47. The lowest BCUT2D eigenvalue weighted by Gasteiger charge is -2.22. The van der Waals surface area contributed by atoms with Crippen LogP contribution in [0.3, 0.4) is 0 Å². The van der Waals surface area contributed by atoms with Crippen LogP contribution in [0, 0.1) is 0 Å². The van der Waals surface area contributed by atoms with Crippen molar-refractivity contribution < 1.29 is 18.3 Å². The molecular weight excluding hydrogens is 352 g/mol. The van der Waals surface area contributed by atoms with Gasteiger partial charge in [0, 0.05) is 17.1 Å². The minimum absolute atomic E-state index is 0.0854. The first-order valence-electron chi connectivity index (χ1n) is 8.48. The van der Waals surface area contributed by atoms with E-state index >= 15 is 0 Å². The second kappa shape index (κ2) is 8.19. The molecule has 2 heterocycles. The van der Waals surface area contributed by atoms with E-state index in [-0.39, 0.29) is 24.4 Å². The Morgan fingerprint density at radius 1 is 1.44 bits per heavy atom. The first-order chi connectivity index (χ1) is 12.0. The van der Waals surface area contributed by atoms with Crippen LogP contribution < -0.4 is 15.4 Å². The number of hydrogen-bond acceptors (Lipinski definition) is 3. The van der Waals surface area contributed by atoms with Crippen molar-refractivity contribution in [1.29, 1.82) is 0 Å². The summed E-state index contributed by atoms with van der Waals surface area (Å²) in [5, 5.41) is 7.01. The summed E-state index contributed by atoms with van der Waals surface area (Å²) in [6, 6.07) is 4.77. The van der Waals surface area contributed by atoms with Crippen LogP contribution in [-0.4, -0.2) is 37.4 Å². The smallest absolute Gasteiger partial charge is 0.387 e. The lowest BCUT2D eigenvalue weighted by atomic mass is 9.96. The van der Waals surface area contributed by atoms with Crippen molar-refractivity contribution in [3.8, 4) is 5.75 Å². The van der Waals surface area contributed by atoms with Gasteiger partial charge in [-0.1, -0.05) is 11.6 Å². The van der Waals surface area contributed by atoms with Gasteiger partial charge in [-0.15, -0.1) is 0 Å². The van der Waals surface area contributed by atoms with Gasteiger partial charge in [0.2, 0.25) is 0 Å². The van der Waals surface area contributed by atoms with E-state index in [4.69, 9.17) is 16.3 Å². The van der Waals surface area contributed by atoms with Crippen LogP contribution in [0.15, 0.2) is 23.2 Å². The van der Waals surface area contributed by atoms with Crippen LogP contribution in [0.2, 0.25) is 5.02 Å². The summed E-state index contributed by atoms with van der Waals surface area (Å²) in [7, 11) is 0. The molecule has 8 heteroatoms. The van der Waals surface area contributed by atoms with E-state index in [0.717, 1.165) is 19.3 Å². The van der Waals surface area contributed by atoms with Crippen LogP contribution in [0.4, 0.5) is 8.78 Å². The van der Waals surface area contributed by atoms with Gasteiger partial charge in [-0.3, -0.25) is 0 Å². The maximum atomic E-state index is 12.5. The number of ether oxygens (including phenoxy) is 2. The Balaban J connectivity index is 1.69. The summed E-state index contributed by atoms with van der Waals surface area (Å²) < 4.78 is 35.5. The van der Waals surface area contributed by atoms with Crippen molar-refractivity contribution in [3.63, 3.8) is 0 Å². The molecule has 2 fully saturated rings. The molecule has 2 aliphatic heterocycles. The summed E-state index contributed by atoms with van der Waals surface area (Å²) in [6.07, 6.45) is 3.70. The first kappa shape index (κ1) is 18.2. The summed E-state index contributed by atoms with van der Waals surface area (Å²) >= 11 is 5.97. The van der Waals surface area contributed by atoms with Gasteiger partial charge in [0.25, 0.3) is 0 Å². The Morgan fingerprint density at radius 3 is 2.92 bits per heavy atom. The molecule has 2 saturated heterocycles. The zero-order chi connectivity index (χ0) is 17.8. The van der Waals surface area contributed by atoms with Gasteiger partial charge in [-0.25, -0.2) is 4.99 Å². The number of hydrogen-bond donors (Lipinski definition) is 2. The van der Waals surface area contributed by atoms with Gasteiger partial charge < -0.3 is 20.1 Å². The number of rotatable bonds is 6. The van der Waals surface area contributed by atoms with Crippen molar-refractivity contribution in [2.24, 2.45) is 4.99 Å². The molecule has 0 amide bonds. The number of fused-ring (bicyclic) bond motifs is 2. The Kier molecular flexibility index (Phi) is 5.96. The van der Waals surface area contributed by atoms with Gasteiger partial charge >= 0.3 is 6.61 Å². The normalized spacial score (nSPS) is 25.5. The molecule has 1 aromatic carbocycles. The summed E-state index contributed by atoms with van der Waals surface area (Å²) in [5.41, 5.74) is 0.509. The standard InChI is InChI=1S/C17H22ClF2N3O2/c1-2-21-17(23-13-8-12-4-6-15(13)24-12)22-9-10-7-11(18)3-5-14(10)25-16(19)20/h3,5,7,12-13,15-16H,2,4,6,8-9H2,1H3,(H2,21,22,23). The fourth-order valence-electron chi connectivity index (χ4n) is 3.33. The Hall–Kier alpha value is -1.60. The molecule has 138 valence electrons. The molecule has 0 spiro atoms. The summed E-state index contributed by atoms with van der Waals surface area (Å²) in [6.45, 7) is -0.0381. The van der Waals surface area contributed by atoms with Crippen LogP contribution in [0.5, 0.6) is 5.75 Å². The van der Waals surface area contributed by atoms with E-state index in [1.165, 1.54) is 12.1 Å². The Morgan fingerprint density at radius 2 is 2.28 bits per heavy atom. The molecule has 25 heavy (non-hydrogen) atoms. The van der Waals surface area contributed by atoms with Crippen molar-refractivity contribution in [3.05, 3.63) is 28.8 Å². The molecule has 2 aliphatic rings. The van der Waals surface area contributed by atoms with E-state index in [2.05, 4.69) is 20.4 Å². The predicted octanol–water partition coefficient (Wildman–Crippen LogP) is 3.32. The summed E-state index contributed by atoms with van der Waals surface area (Å²) in [4.78, 5) is 4.50. The fraction of sp³-hybridized carbons (Fsp3) is 0.588. The number of aliphatic imine (C=N–C) groups is 1. The number of guanidine groups is 1. The van der Waals surface area contributed by atoms with Crippen LogP contribution in [0.25, 0.3) is 0 Å². The van der Waals surface area contributed by atoms with Crippen LogP contribution in [-0.2, 0) is 11.3 Å². The van der Waals surface area contributed by atoms with Crippen molar-refractivity contribution in [1.82, 2.24) is 10.6 Å². The third-order valence-electron chi connectivity index (χ3n) is 4.42. The van der Waals surface area contributed by atoms with Crippen LogP contribution >= 0.6 is 11.6 Å². The average Bonchev–Trinajstić information content (AvgIpc) is 3.17. The third kappa shape index (κ3) is 4.73. The number of halogens is 3. The van der Waals surface area contributed by atoms with Gasteiger partial charge in [0.05, 0.1) is 24.8 Å². The number of nitrogens with zero attached hydrogens (tertiary/aromatic N) is 1. The highest BCUT2D eigenvalue weighted by atomic mass is 35.5. The molecule has 0 aromatic heterocycles. The largest absolute Gasteiger partial charge is 0.434 e. The number of benzene rings is 1.